The number of fused-ring (bicyclic) bond motifs is 1. The van der Waals surface area contributed by atoms with Crippen molar-refractivity contribution in [3.8, 4) is 0 Å². The molecule has 0 unspecified atom stereocenters. The SMILES string of the molecule is CC1(C)COB(c2cccc3nn(C[C@H](O)c4ccccc4)cc23)OC1. The third kappa shape index (κ3) is 3.53. The fraction of sp³-hybridized carbons (Fsp3) is 0.350. The second-order valence-electron chi connectivity index (χ2n) is 7.68. The van der Waals surface area contributed by atoms with Gasteiger partial charge in [0.2, 0.25) is 0 Å². The summed E-state index contributed by atoms with van der Waals surface area (Å²) < 4.78 is 13.7. The zero-order chi connectivity index (χ0) is 18.1. The molecule has 2 heterocycles. The Morgan fingerprint density at radius 2 is 1.85 bits per heavy atom. The van der Waals surface area contributed by atoms with E-state index in [1.54, 1.807) is 4.68 Å². The average Bonchev–Trinajstić information content (AvgIpc) is 3.05. The number of aromatic nitrogens is 2. The molecule has 1 atom stereocenters. The van der Waals surface area contributed by atoms with Crippen LogP contribution in [0.2, 0.25) is 0 Å². The van der Waals surface area contributed by atoms with Crippen molar-refractivity contribution in [3.63, 3.8) is 0 Å². The van der Waals surface area contributed by atoms with Crippen LogP contribution < -0.4 is 5.46 Å². The summed E-state index contributed by atoms with van der Waals surface area (Å²) in [7, 11) is -0.372. The summed E-state index contributed by atoms with van der Waals surface area (Å²) in [4.78, 5) is 0. The van der Waals surface area contributed by atoms with Crippen molar-refractivity contribution >= 4 is 23.5 Å². The molecule has 0 amide bonds. The molecule has 1 N–H and O–H groups in total. The van der Waals surface area contributed by atoms with Crippen molar-refractivity contribution in [2.24, 2.45) is 5.41 Å². The van der Waals surface area contributed by atoms with Crippen LogP contribution in [-0.2, 0) is 15.9 Å². The fourth-order valence-electron chi connectivity index (χ4n) is 3.24. The molecule has 1 aliphatic rings. The lowest BCUT2D eigenvalue weighted by Crippen LogP contribution is -2.47. The number of benzene rings is 2. The molecular weight excluding hydrogens is 327 g/mol. The van der Waals surface area contributed by atoms with E-state index in [1.807, 2.05) is 54.7 Å². The van der Waals surface area contributed by atoms with E-state index in [9.17, 15) is 5.11 Å². The highest BCUT2D eigenvalue weighted by Gasteiger charge is 2.34. The van der Waals surface area contributed by atoms with E-state index < -0.39 is 6.10 Å². The van der Waals surface area contributed by atoms with Gasteiger partial charge in [-0.15, -0.1) is 0 Å². The quantitative estimate of drug-likeness (QED) is 0.735. The Bertz CT molecular complexity index is 884. The minimum absolute atomic E-state index is 0.0361. The maximum absolute atomic E-state index is 10.5. The van der Waals surface area contributed by atoms with E-state index in [0.29, 0.717) is 19.8 Å². The maximum Gasteiger partial charge on any atom is 0.494 e. The van der Waals surface area contributed by atoms with Crippen molar-refractivity contribution in [2.75, 3.05) is 13.2 Å². The molecule has 3 aromatic rings. The molecule has 1 aliphatic heterocycles. The van der Waals surface area contributed by atoms with Crippen LogP contribution in [0.4, 0.5) is 0 Å². The van der Waals surface area contributed by atoms with Crippen LogP contribution >= 0.6 is 0 Å². The van der Waals surface area contributed by atoms with Gasteiger partial charge in [0.05, 0.1) is 18.2 Å². The molecule has 0 spiro atoms. The highest BCUT2D eigenvalue weighted by Crippen LogP contribution is 2.23. The summed E-state index contributed by atoms with van der Waals surface area (Å²) in [6.07, 6.45) is 1.36. The highest BCUT2D eigenvalue weighted by molar-refractivity contribution is 6.64. The molecule has 1 saturated heterocycles. The average molecular weight is 350 g/mol. The number of aliphatic hydroxyl groups is 1. The van der Waals surface area contributed by atoms with Gasteiger partial charge in [0.25, 0.3) is 0 Å². The lowest BCUT2D eigenvalue weighted by Gasteiger charge is -2.33. The molecule has 26 heavy (non-hydrogen) atoms. The van der Waals surface area contributed by atoms with Crippen LogP contribution in [0.15, 0.2) is 54.7 Å². The summed E-state index contributed by atoms with van der Waals surface area (Å²) in [5.74, 6) is 0. The molecule has 6 heteroatoms. The maximum atomic E-state index is 10.5. The molecule has 0 saturated carbocycles. The van der Waals surface area contributed by atoms with E-state index in [-0.39, 0.29) is 12.5 Å². The minimum Gasteiger partial charge on any atom is -0.407 e. The Labute approximate surface area is 153 Å². The molecule has 0 bridgehead atoms. The third-order valence-electron chi connectivity index (χ3n) is 4.68. The predicted molar refractivity (Wildman–Crippen MR) is 102 cm³/mol. The van der Waals surface area contributed by atoms with Gasteiger partial charge < -0.3 is 14.4 Å². The number of rotatable bonds is 4. The van der Waals surface area contributed by atoms with Gasteiger partial charge in [-0.25, -0.2) is 0 Å². The second-order valence-corrected chi connectivity index (χ2v) is 7.68. The van der Waals surface area contributed by atoms with Crippen LogP contribution in [0.25, 0.3) is 10.9 Å². The highest BCUT2D eigenvalue weighted by atomic mass is 16.6. The van der Waals surface area contributed by atoms with Gasteiger partial charge in [-0.05, 0) is 17.1 Å². The summed E-state index contributed by atoms with van der Waals surface area (Å²) in [6, 6.07) is 15.6. The minimum atomic E-state index is -0.600. The van der Waals surface area contributed by atoms with Gasteiger partial charge in [0.1, 0.15) is 0 Å². The zero-order valence-corrected chi connectivity index (χ0v) is 15.1. The van der Waals surface area contributed by atoms with E-state index in [2.05, 4.69) is 18.9 Å². The van der Waals surface area contributed by atoms with Crippen molar-refractivity contribution < 1.29 is 14.4 Å². The Kier molecular flexibility index (Phi) is 4.57. The molecule has 5 nitrogen and oxygen atoms in total. The number of aliphatic hydroxyl groups excluding tert-OH is 1. The topological polar surface area (TPSA) is 56.5 Å². The first-order valence-corrected chi connectivity index (χ1v) is 8.94. The summed E-state index contributed by atoms with van der Waals surface area (Å²) in [5.41, 5.74) is 2.78. The predicted octanol–water partition coefficient (Wildman–Crippen LogP) is 2.54. The van der Waals surface area contributed by atoms with Crippen LogP contribution in [-0.4, -0.2) is 35.2 Å². The van der Waals surface area contributed by atoms with Gasteiger partial charge in [-0.2, -0.15) is 5.10 Å². The van der Waals surface area contributed by atoms with Gasteiger partial charge in [-0.1, -0.05) is 56.3 Å². The third-order valence-corrected chi connectivity index (χ3v) is 4.68. The van der Waals surface area contributed by atoms with E-state index >= 15 is 0 Å². The number of nitrogens with zero attached hydrogens (tertiary/aromatic N) is 2. The number of hydrogen-bond donors (Lipinski definition) is 1. The van der Waals surface area contributed by atoms with Gasteiger partial charge in [-0.3, -0.25) is 4.68 Å². The first kappa shape index (κ1) is 17.3. The Morgan fingerprint density at radius 3 is 2.58 bits per heavy atom. The smallest absolute Gasteiger partial charge is 0.407 e. The van der Waals surface area contributed by atoms with Crippen LogP contribution in [0.3, 0.4) is 0 Å². The van der Waals surface area contributed by atoms with Crippen LogP contribution in [0.5, 0.6) is 0 Å². The standard InChI is InChI=1S/C20H23BN2O3/c1-20(2)13-25-21(26-14-20)17-9-6-10-18-16(17)11-23(22-18)12-19(24)15-7-4-3-5-8-15/h3-11,19,24H,12-14H2,1-2H3/t19-/m0/s1. The van der Waals surface area contributed by atoms with Crippen molar-refractivity contribution in [1.29, 1.82) is 0 Å². The molecular formula is C20H23BN2O3. The zero-order valence-electron chi connectivity index (χ0n) is 15.1. The van der Waals surface area contributed by atoms with Crippen LogP contribution in [0.1, 0.15) is 25.5 Å². The van der Waals surface area contributed by atoms with Crippen molar-refractivity contribution in [2.45, 2.75) is 26.5 Å². The molecule has 134 valence electrons. The first-order valence-electron chi connectivity index (χ1n) is 8.94. The Hall–Kier alpha value is -2.15. The largest absolute Gasteiger partial charge is 0.494 e. The monoisotopic (exact) mass is 350 g/mol. The Balaban J connectivity index is 1.58. The lowest BCUT2D eigenvalue weighted by atomic mass is 9.74. The van der Waals surface area contributed by atoms with Crippen LogP contribution in [0, 0.1) is 5.41 Å². The van der Waals surface area contributed by atoms with Gasteiger partial charge >= 0.3 is 7.12 Å². The van der Waals surface area contributed by atoms with E-state index in [0.717, 1.165) is 21.9 Å². The molecule has 1 fully saturated rings. The summed E-state index contributed by atoms with van der Waals surface area (Å²) in [5, 5.41) is 16.1. The van der Waals surface area contributed by atoms with Gasteiger partial charge in [0.15, 0.2) is 0 Å². The van der Waals surface area contributed by atoms with Crippen molar-refractivity contribution in [3.05, 3.63) is 60.3 Å². The summed E-state index contributed by atoms with van der Waals surface area (Å²) >= 11 is 0. The van der Waals surface area contributed by atoms with E-state index in [1.165, 1.54) is 0 Å². The Morgan fingerprint density at radius 1 is 1.12 bits per heavy atom. The first-order chi connectivity index (χ1) is 12.5. The molecule has 0 radical (unpaired) electrons. The second kappa shape index (κ2) is 6.87. The molecule has 2 aromatic carbocycles. The number of hydrogen-bond acceptors (Lipinski definition) is 4. The molecule has 1 aromatic heterocycles. The van der Waals surface area contributed by atoms with Crippen molar-refractivity contribution in [1.82, 2.24) is 9.78 Å². The van der Waals surface area contributed by atoms with Gasteiger partial charge in [0, 0.05) is 30.2 Å². The molecule has 0 aliphatic carbocycles. The normalized spacial score (nSPS) is 18.2. The molecule has 4 rings (SSSR count). The lowest BCUT2D eigenvalue weighted by molar-refractivity contribution is 0.0344. The fourth-order valence-corrected chi connectivity index (χ4v) is 3.24. The van der Waals surface area contributed by atoms with E-state index in [4.69, 9.17) is 9.31 Å². The summed E-state index contributed by atoms with van der Waals surface area (Å²) in [6.45, 7) is 5.99.